The maximum Gasteiger partial charge on any atom is 0.437 e. The first-order chi connectivity index (χ1) is 12.6. The van der Waals surface area contributed by atoms with Crippen molar-refractivity contribution in [2.45, 2.75) is 19.4 Å². The van der Waals surface area contributed by atoms with Crippen molar-refractivity contribution in [3.8, 4) is 11.5 Å². The van der Waals surface area contributed by atoms with Gasteiger partial charge in [0, 0.05) is 17.8 Å². The van der Waals surface area contributed by atoms with E-state index >= 15 is 0 Å². The number of aryl methyl sites for hydroxylation is 1. The van der Waals surface area contributed by atoms with E-state index in [0.717, 1.165) is 28.8 Å². The van der Waals surface area contributed by atoms with Crippen LogP contribution in [0.4, 0.5) is 10.1 Å². The second-order valence-electron chi connectivity index (χ2n) is 6.12. The molecule has 2 aromatic carbocycles. The van der Waals surface area contributed by atoms with E-state index in [9.17, 15) is 14.0 Å². The summed E-state index contributed by atoms with van der Waals surface area (Å²) < 4.78 is 19.1. The van der Waals surface area contributed by atoms with Gasteiger partial charge in [0.25, 0.3) is 0 Å². The van der Waals surface area contributed by atoms with Crippen LogP contribution in [0.3, 0.4) is 0 Å². The number of para-hydroxylation sites is 1. The van der Waals surface area contributed by atoms with E-state index in [1.165, 1.54) is 24.3 Å². The molecular formula is C19H16FN3O3. The molecule has 0 radical (unpaired) electrons. The van der Waals surface area contributed by atoms with Gasteiger partial charge in [-0.25, -0.2) is 9.18 Å². The highest BCUT2D eigenvalue weighted by molar-refractivity contribution is 5.94. The Labute approximate surface area is 148 Å². The van der Waals surface area contributed by atoms with Crippen molar-refractivity contribution in [2.24, 2.45) is 0 Å². The van der Waals surface area contributed by atoms with E-state index in [1.807, 2.05) is 24.3 Å². The third kappa shape index (κ3) is 3.03. The second kappa shape index (κ2) is 6.59. The second-order valence-corrected chi connectivity index (χ2v) is 6.12. The molecule has 0 bridgehead atoms. The van der Waals surface area contributed by atoms with Crippen LogP contribution in [0.25, 0.3) is 11.5 Å². The molecule has 26 heavy (non-hydrogen) atoms. The zero-order valence-corrected chi connectivity index (χ0v) is 13.9. The number of rotatable bonds is 3. The lowest BCUT2D eigenvalue weighted by molar-refractivity contribution is -0.119. The zero-order valence-electron chi connectivity index (χ0n) is 13.9. The number of carbonyl (C=O) groups is 1. The van der Waals surface area contributed by atoms with Gasteiger partial charge < -0.3 is 9.32 Å². The minimum Gasteiger partial charge on any atom is -0.388 e. The summed E-state index contributed by atoms with van der Waals surface area (Å²) in [4.78, 5) is 26.4. The van der Waals surface area contributed by atoms with Gasteiger partial charge in [-0.1, -0.05) is 18.2 Å². The lowest BCUT2D eigenvalue weighted by Crippen LogP contribution is -2.39. The van der Waals surface area contributed by atoms with Crippen LogP contribution in [0, 0.1) is 5.82 Å². The summed E-state index contributed by atoms with van der Waals surface area (Å²) in [7, 11) is 0. The van der Waals surface area contributed by atoms with Gasteiger partial charge in [0.1, 0.15) is 12.4 Å². The number of benzene rings is 2. The highest BCUT2D eigenvalue weighted by atomic mass is 19.1. The molecule has 6 nitrogen and oxygen atoms in total. The summed E-state index contributed by atoms with van der Waals surface area (Å²) in [5.74, 6) is -1.28. The molecular weight excluding hydrogens is 337 g/mol. The maximum absolute atomic E-state index is 13.0. The number of amides is 1. The normalized spacial score (nSPS) is 13.5. The fraction of sp³-hybridized carbons (Fsp3) is 0.211. The molecule has 2 heterocycles. The van der Waals surface area contributed by atoms with Crippen molar-refractivity contribution in [1.82, 2.24) is 9.78 Å². The molecule has 0 saturated heterocycles. The Bertz CT molecular complexity index is 1010. The standard InChI is InChI=1S/C19H16FN3O3/c20-15-9-7-14(8-10-15)18-21-23(19(25)26-18)12-17(24)22-11-3-5-13-4-1-2-6-16(13)22/h1-2,4,6-10H,3,5,11-12H2. The van der Waals surface area contributed by atoms with Crippen LogP contribution >= 0.6 is 0 Å². The largest absolute Gasteiger partial charge is 0.437 e. The monoisotopic (exact) mass is 353 g/mol. The molecule has 0 N–H and O–H groups in total. The van der Waals surface area contributed by atoms with Crippen LogP contribution in [0.15, 0.2) is 57.7 Å². The SMILES string of the molecule is O=C(Cn1nc(-c2ccc(F)cc2)oc1=O)N1CCCc2ccccc21. The van der Waals surface area contributed by atoms with Gasteiger partial charge in [-0.2, -0.15) is 4.68 Å². The van der Waals surface area contributed by atoms with Crippen LogP contribution in [0.5, 0.6) is 0 Å². The lowest BCUT2D eigenvalue weighted by Gasteiger charge is -2.29. The third-order valence-corrected chi connectivity index (χ3v) is 4.39. The Kier molecular flexibility index (Phi) is 4.12. The van der Waals surface area contributed by atoms with Crippen LogP contribution in [0.2, 0.25) is 0 Å². The van der Waals surface area contributed by atoms with Crippen LogP contribution < -0.4 is 10.7 Å². The number of hydrogen-bond acceptors (Lipinski definition) is 4. The van der Waals surface area contributed by atoms with Gasteiger partial charge in [-0.3, -0.25) is 4.79 Å². The minimum absolute atomic E-state index is 0.0573. The molecule has 0 fully saturated rings. The highest BCUT2D eigenvalue weighted by Crippen LogP contribution is 2.26. The van der Waals surface area contributed by atoms with Gasteiger partial charge in [0.2, 0.25) is 11.8 Å². The minimum atomic E-state index is -0.719. The van der Waals surface area contributed by atoms with Crippen molar-refractivity contribution in [3.63, 3.8) is 0 Å². The molecule has 3 aromatic rings. The van der Waals surface area contributed by atoms with Crippen molar-refractivity contribution in [2.75, 3.05) is 11.4 Å². The fourth-order valence-electron chi connectivity index (χ4n) is 3.12. The third-order valence-electron chi connectivity index (χ3n) is 4.39. The van der Waals surface area contributed by atoms with E-state index in [2.05, 4.69) is 5.10 Å². The zero-order chi connectivity index (χ0) is 18.1. The smallest absolute Gasteiger partial charge is 0.388 e. The first kappa shape index (κ1) is 16.3. The van der Waals surface area contributed by atoms with Gasteiger partial charge in [-0.15, -0.1) is 5.10 Å². The summed E-state index contributed by atoms with van der Waals surface area (Å²) in [5.41, 5.74) is 2.46. The van der Waals surface area contributed by atoms with Gasteiger partial charge in [0.05, 0.1) is 0 Å². The first-order valence-corrected chi connectivity index (χ1v) is 8.34. The number of hydrogen-bond donors (Lipinski definition) is 0. The molecule has 132 valence electrons. The predicted octanol–water partition coefficient (Wildman–Crippen LogP) is 2.62. The molecule has 1 aliphatic heterocycles. The van der Waals surface area contributed by atoms with E-state index in [4.69, 9.17) is 4.42 Å². The molecule has 1 aromatic heterocycles. The molecule has 1 amide bonds. The van der Waals surface area contributed by atoms with Gasteiger partial charge in [-0.05, 0) is 48.7 Å². The number of carbonyl (C=O) groups excluding carboxylic acids is 1. The Morgan fingerprint density at radius 1 is 1.15 bits per heavy atom. The lowest BCUT2D eigenvalue weighted by atomic mass is 10.0. The molecule has 4 rings (SSSR count). The molecule has 0 spiro atoms. The van der Waals surface area contributed by atoms with Crippen molar-refractivity contribution in [3.05, 3.63) is 70.5 Å². The first-order valence-electron chi connectivity index (χ1n) is 8.34. The Hall–Kier alpha value is -3.22. The summed E-state index contributed by atoms with van der Waals surface area (Å²) >= 11 is 0. The van der Waals surface area contributed by atoms with Crippen molar-refractivity contribution in [1.29, 1.82) is 0 Å². The quantitative estimate of drug-likeness (QED) is 0.726. The average molecular weight is 353 g/mol. The summed E-state index contributed by atoms with van der Waals surface area (Å²) in [6.45, 7) is 0.394. The van der Waals surface area contributed by atoms with Crippen molar-refractivity contribution < 1.29 is 13.6 Å². The average Bonchev–Trinajstić information content (AvgIpc) is 3.02. The molecule has 7 heteroatoms. The topological polar surface area (TPSA) is 68.3 Å². The molecule has 0 atom stereocenters. The van der Waals surface area contributed by atoms with Gasteiger partial charge in [0.15, 0.2) is 0 Å². The molecule has 0 aliphatic carbocycles. The molecule has 1 aliphatic rings. The van der Waals surface area contributed by atoms with E-state index in [-0.39, 0.29) is 18.3 Å². The molecule has 0 saturated carbocycles. The van der Waals surface area contributed by atoms with Crippen LogP contribution in [-0.4, -0.2) is 22.2 Å². The summed E-state index contributed by atoms with van der Waals surface area (Å²) in [6.07, 6.45) is 1.80. The van der Waals surface area contributed by atoms with E-state index in [0.29, 0.717) is 12.1 Å². The molecule has 0 unspecified atom stereocenters. The Balaban J connectivity index is 1.58. The number of aromatic nitrogens is 2. The van der Waals surface area contributed by atoms with Gasteiger partial charge >= 0.3 is 5.76 Å². The number of anilines is 1. The number of halogens is 1. The highest BCUT2D eigenvalue weighted by Gasteiger charge is 2.23. The fourth-order valence-corrected chi connectivity index (χ4v) is 3.12. The van der Waals surface area contributed by atoms with Crippen molar-refractivity contribution >= 4 is 11.6 Å². The maximum atomic E-state index is 13.0. The summed E-state index contributed by atoms with van der Waals surface area (Å²) in [5, 5.41) is 4.07. The van der Waals surface area contributed by atoms with Crippen LogP contribution in [0.1, 0.15) is 12.0 Å². The summed E-state index contributed by atoms with van der Waals surface area (Å²) in [6, 6.07) is 13.2. The predicted molar refractivity (Wildman–Crippen MR) is 93.3 cm³/mol. The Morgan fingerprint density at radius 3 is 2.73 bits per heavy atom. The Morgan fingerprint density at radius 2 is 1.92 bits per heavy atom. The van der Waals surface area contributed by atoms with Crippen LogP contribution in [-0.2, 0) is 17.8 Å². The number of fused-ring (bicyclic) bond motifs is 1. The van der Waals surface area contributed by atoms with E-state index < -0.39 is 11.6 Å². The van der Waals surface area contributed by atoms with E-state index in [1.54, 1.807) is 4.90 Å². The number of nitrogens with zero attached hydrogens (tertiary/aromatic N) is 3.